The molecular weight excluding hydrogens is 234 g/mol. The molecule has 1 nitrogen and oxygen atoms in total. The molecule has 1 heterocycles. The Morgan fingerprint density at radius 2 is 2.12 bits per heavy atom. The van der Waals surface area contributed by atoms with Crippen molar-refractivity contribution in [2.24, 2.45) is 0 Å². The van der Waals surface area contributed by atoms with Gasteiger partial charge in [0.05, 0.1) is 0 Å². The minimum Gasteiger partial charge on any atom is -0.307 e. The summed E-state index contributed by atoms with van der Waals surface area (Å²) >= 11 is 3.82. The van der Waals surface area contributed by atoms with Crippen LogP contribution in [0.25, 0.3) is 0 Å². The van der Waals surface area contributed by atoms with Gasteiger partial charge in [0.2, 0.25) is 0 Å². The van der Waals surface area contributed by atoms with E-state index in [-0.39, 0.29) is 0 Å². The molecular formula is C13H23NS2. The molecule has 1 N–H and O–H groups in total. The van der Waals surface area contributed by atoms with Crippen molar-refractivity contribution in [3.63, 3.8) is 0 Å². The number of nitrogens with one attached hydrogen (secondary N) is 1. The van der Waals surface area contributed by atoms with Crippen LogP contribution in [0.15, 0.2) is 6.07 Å². The summed E-state index contributed by atoms with van der Waals surface area (Å²) in [5.74, 6) is 1.20. The van der Waals surface area contributed by atoms with Gasteiger partial charge in [0.25, 0.3) is 0 Å². The number of hydrogen-bond acceptors (Lipinski definition) is 3. The molecule has 0 aromatic carbocycles. The third kappa shape index (κ3) is 3.79. The molecule has 1 aromatic rings. The van der Waals surface area contributed by atoms with Crippen LogP contribution < -0.4 is 5.32 Å². The lowest BCUT2D eigenvalue weighted by Gasteiger charge is -2.21. The standard InChI is InChI=1S/C13H23NS2/c1-6-12(8-15-5)14-10(3)13-7-9(2)16-11(13)4/h7,10,12,14H,6,8H2,1-5H3. The zero-order chi connectivity index (χ0) is 12.1. The summed E-state index contributed by atoms with van der Waals surface area (Å²) in [5, 5.41) is 3.72. The third-order valence-corrected chi connectivity index (χ3v) is 4.61. The van der Waals surface area contributed by atoms with Gasteiger partial charge in [0, 0.05) is 27.6 Å². The van der Waals surface area contributed by atoms with Crippen molar-refractivity contribution in [3.05, 3.63) is 21.4 Å². The molecule has 2 atom stereocenters. The van der Waals surface area contributed by atoms with Gasteiger partial charge < -0.3 is 5.32 Å². The van der Waals surface area contributed by atoms with Crippen LogP contribution in [0, 0.1) is 13.8 Å². The minimum atomic E-state index is 0.474. The van der Waals surface area contributed by atoms with Crippen molar-refractivity contribution in [3.8, 4) is 0 Å². The van der Waals surface area contributed by atoms with E-state index in [1.807, 2.05) is 23.1 Å². The van der Waals surface area contributed by atoms with E-state index in [1.165, 1.54) is 27.5 Å². The summed E-state index contributed by atoms with van der Waals surface area (Å²) in [6.45, 7) is 8.94. The van der Waals surface area contributed by atoms with Crippen LogP contribution in [0.3, 0.4) is 0 Å². The topological polar surface area (TPSA) is 12.0 Å². The van der Waals surface area contributed by atoms with E-state index in [4.69, 9.17) is 0 Å². The molecule has 1 rings (SSSR count). The first-order valence-electron chi connectivity index (χ1n) is 5.90. The molecule has 16 heavy (non-hydrogen) atoms. The molecule has 0 aliphatic rings. The number of thioether (sulfide) groups is 1. The average molecular weight is 257 g/mol. The third-order valence-electron chi connectivity index (χ3n) is 2.89. The molecule has 1 aromatic heterocycles. The number of rotatable bonds is 6. The second-order valence-electron chi connectivity index (χ2n) is 4.32. The van der Waals surface area contributed by atoms with Gasteiger partial charge in [-0.2, -0.15) is 11.8 Å². The summed E-state index contributed by atoms with van der Waals surface area (Å²) < 4.78 is 0. The molecule has 92 valence electrons. The first-order chi connectivity index (χ1) is 7.58. The van der Waals surface area contributed by atoms with Crippen molar-refractivity contribution in [1.82, 2.24) is 5.32 Å². The molecule has 0 fully saturated rings. The van der Waals surface area contributed by atoms with Crippen LogP contribution in [0.1, 0.15) is 41.6 Å². The molecule has 0 radical (unpaired) electrons. The van der Waals surface area contributed by atoms with Crippen LogP contribution in [-0.4, -0.2) is 18.1 Å². The SMILES string of the molecule is CCC(CSC)NC(C)c1cc(C)sc1C. The van der Waals surface area contributed by atoms with Gasteiger partial charge in [-0.15, -0.1) is 11.3 Å². The second kappa shape index (κ2) is 6.67. The molecule has 0 saturated carbocycles. The van der Waals surface area contributed by atoms with Crippen molar-refractivity contribution in [2.45, 2.75) is 46.2 Å². The number of hydrogen-bond donors (Lipinski definition) is 1. The van der Waals surface area contributed by atoms with Gasteiger partial charge in [-0.3, -0.25) is 0 Å². The molecule has 3 heteroatoms. The van der Waals surface area contributed by atoms with E-state index in [1.54, 1.807) is 0 Å². The highest BCUT2D eigenvalue weighted by Crippen LogP contribution is 2.26. The Morgan fingerprint density at radius 1 is 1.44 bits per heavy atom. The highest BCUT2D eigenvalue weighted by Gasteiger charge is 2.14. The molecule has 0 aliphatic carbocycles. The molecule has 2 unspecified atom stereocenters. The Hall–Kier alpha value is 0.01000. The summed E-state index contributed by atoms with van der Waals surface area (Å²) in [6, 6.07) is 3.43. The Morgan fingerprint density at radius 3 is 2.56 bits per heavy atom. The quantitative estimate of drug-likeness (QED) is 0.821. The fourth-order valence-corrected chi connectivity index (χ4v) is 3.77. The summed E-state index contributed by atoms with van der Waals surface area (Å²) in [5.41, 5.74) is 1.47. The van der Waals surface area contributed by atoms with Crippen LogP contribution >= 0.6 is 23.1 Å². The van der Waals surface area contributed by atoms with Crippen LogP contribution in [-0.2, 0) is 0 Å². The van der Waals surface area contributed by atoms with Gasteiger partial charge in [0.1, 0.15) is 0 Å². The monoisotopic (exact) mass is 257 g/mol. The first-order valence-corrected chi connectivity index (χ1v) is 8.11. The van der Waals surface area contributed by atoms with Gasteiger partial charge in [-0.05, 0) is 45.1 Å². The molecule has 0 spiro atoms. The Kier molecular flexibility index (Phi) is 5.87. The van der Waals surface area contributed by atoms with Gasteiger partial charge in [-0.1, -0.05) is 6.92 Å². The maximum absolute atomic E-state index is 3.72. The zero-order valence-corrected chi connectivity index (χ0v) is 12.6. The molecule has 0 bridgehead atoms. The van der Waals surface area contributed by atoms with Crippen LogP contribution in [0.5, 0.6) is 0 Å². The Labute approximate surface area is 108 Å². The van der Waals surface area contributed by atoms with E-state index in [0.29, 0.717) is 12.1 Å². The van der Waals surface area contributed by atoms with Crippen molar-refractivity contribution >= 4 is 23.1 Å². The lowest BCUT2D eigenvalue weighted by atomic mass is 10.1. The molecule has 0 saturated heterocycles. The van der Waals surface area contributed by atoms with Gasteiger partial charge >= 0.3 is 0 Å². The Balaban J connectivity index is 2.63. The minimum absolute atomic E-state index is 0.474. The Bertz CT molecular complexity index is 320. The summed E-state index contributed by atoms with van der Waals surface area (Å²) in [4.78, 5) is 2.87. The van der Waals surface area contributed by atoms with E-state index in [2.05, 4.69) is 45.3 Å². The van der Waals surface area contributed by atoms with Crippen molar-refractivity contribution in [2.75, 3.05) is 12.0 Å². The van der Waals surface area contributed by atoms with Crippen LogP contribution in [0.2, 0.25) is 0 Å². The second-order valence-corrected chi connectivity index (χ2v) is 6.69. The largest absolute Gasteiger partial charge is 0.307 e. The summed E-state index contributed by atoms with van der Waals surface area (Å²) in [7, 11) is 0. The van der Waals surface area contributed by atoms with Gasteiger partial charge in [0.15, 0.2) is 0 Å². The lowest BCUT2D eigenvalue weighted by Crippen LogP contribution is -2.33. The smallest absolute Gasteiger partial charge is 0.0305 e. The number of aryl methyl sites for hydroxylation is 2. The van der Waals surface area contributed by atoms with E-state index in [0.717, 1.165) is 0 Å². The van der Waals surface area contributed by atoms with Gasteiger partial charge in [-0.25, -0.2) is 0 Å². The summed E-state index contributed by atoms with van der Waals surface area (Å²) in [6.07, 6.45) is 3.38. The fraction of sp³-hybridized carbons (Fsp3) is 0.692. The molecule has 0 amide bonds. The van der Waals surface area contributed by atoms with Crippen molar-refractivity contribution in [1.29, 1.82) is 0 Å². The average Bonchev–Trinajstić information content (AvgIpc) is 2.57. The normalized spacial score (nSPS) is 15.1. The number of thiophene rings is 1. The van der Waals surface area contributed by atoms with E-state index in [9.17, 15) is 0 Å². The predicted molar refractivity (Wildman–Crippen MR) is 77.8 cm³/mol. The molecule has 0 aliphatic heterocycles. The highest BCUT2D eigenvalue weighted by atomic mass is 32.2. The maximum Gasteiger partial charge on any atom is 0.0305 e. The van der Waals surface area contributed by atoms with Crippen molar-refractivity contribution < 1.29 is 0 Å². The first kappa shape index (κ1) is 14.1. The van der Waals surface area contributed by atoms with E-state index >= 15 is 0 Å². The highest BCUT2D eigenvalue weighted by molar-refractivity contribution is 7.98. The van der Waals surface area contributed by atoms with Crippen LogP contribution in [0.4, 0.5) is 0 Å². The van der Waals surface area contributed by atoms with E-state index < -0.39 is 0 Å². The maximum atomic E-state index is 3.72. The fourth-order valence-electron chi connectivity index (χ4n) is 2.01. The lowest BCUT2D eigenvalue weighted by molar-refractivity contribution is 0.474. The predicted octanol–water partition coefficient (Wildman–Crippen LogP) is 4.16. The zero-order valence-electron chi connectivity index (χ0n) is 11.0.